The molecule has 5 heterocycles. The van der Waals surface area contributed by atoms with Crippen LogP contribution in [0.5, 0.6) is 5.75 Å². The summed E-state index contributed by atoms with van der Waals surface area (Å²) in [6.07, 6.45) is 0.576. The van der Waals surface area contributed by atoms with Gasteiger partial charge in [-0.15, -0.1) is 6.58 Å². The Morgan fingerprint density at radius 1 is 1.07 bits per heavy atom. The van der Waals surface area contributed by atoms with E-state index in [2.05, 4.69) is 33.6 Å². The average Bonchev–Trinajstić information content (AvgIpc) is 3.16. The predicted octanol–water partition coefficient (Wildman–Crippen LogP) is 2.12. The Kier molecular flexibility index (Phi) is 11.9. The number of nitrogens with zero attached hydrogens (tertiary/aromatic N) is 8. The molecule has 4 amide bonds. The zero-order valence-electron chi connectivity index (χ0n) is 31.3. The van der Waals surface area contributed by atoms with Crippen molar-refractivity contribution in [2.24, 2.45) is 0 Å². The van der Waals surface area contributed by atoms with Crippen LogP contribution in [0.1, 0.15) is 16.8 Å². The molecule has 0 spiro atoms. The highest BCUT2D eigenvalue weighted by molar-refractivity contribution is 5.91. The van der Waals surface area contributed by atoms with Crippen molar-refractivity contribution in [3.05, 3.63) is 102 Å². The molecule has 14 nitrogen and oxygen atoms in total. The Bertz CT molecular complexity index is 1840. The maximum absolute atomic E-state index is 15.2. The first-order chi connectivity index (χ1) is 26.7. The molecular formula is C40H50FN9O5. The number of fused-ring (bicyclic) bond motifs is 1. The van der Waals surface area contributed by atoms with Gasteiger partial charge >= 0.3 is 6.03 Å². The SMILES string of the molecule is C=CCN1CC(=O)N2C(CN(Cc3cccc(N4CC(N(C)CCN5CCOCC5)C4)n3)C(=O)[C@@H]2Cc2ccc(O)cc2F)N1C(=O)NCc1ccccc1. The van der Waals surface area contributed by atoms with E-state index in [9.17, 15) is 19.5 Å². The molecule has 0 saturated carbocycles. The number of hydrogen-bond acceptors (Lipinski definition) is 10. The zero-order valence-corrected chi connectivity index (χ0v) is 31.3. The largest absolute Gasteiger partial charge is 0.508 e. The smallest absolute Gasteiger partial charge is 0.334 e. The normalized spacial score (nSPS) is 21.1. The molecule has 2 aromatic carbocycles. The Balaban J connectivity index is 1.10. The lowest BCUT2D eigenvalue weighted by atomic mass is 9.98. The second kappa shape index (κ2) is 17.1. The summed E-state index contributed by atoms with van der Waals surface area (Å²) in [6, 6.07) is 17.8. The lowest BCUT2D eigenvalue weighted by Gasteiger charge is -2.55. The van der Waals surface area contributed by atoms with Gasteiger partial charge in [-0.1, -0.05) is 48.5 Å². The fourth-order valence-corrected chi connectivity index (χ4v) is 7.76. The summed E-state index contributed by atoms with van der Waals surface area (Å²) in [5.41, 5.74) is 1.72. The molecule has 4 aliphatic heterocycles. The molecule has 1 aromatic heterocycles. The number of benzene rings is 2. The number of anilines is 1. The van der Waals surface area contributed by atoms with Crippen LogP contribution in [-0.2, 0) is 33.8 Å². The third kappa shape index (κ3) is 8.75. The summed E-state index contributed by atoms with van der Waals surface area (Å²) in [6.45, 7) is 11.4. The van der Waals surface area contributed by atoms with Crippen LogP contribution in [0.3, 0.4) is 0 Å². The second-order valence-electron chi connectivity index (χ2n) is 14.6. The predicted molar refractivity (Wildman–Crippen MR) is 204 cm³/mol. The van der Waals surface area contributed by atoms with Crippen molar-refractivity contribution in [1.82, 2.24) is 39.9 Å². The van der Waals surface area contributed by atoms with Gasteiger partial charge in [-0.2, -0.15) is 0 Å². The summed E-state index contributed by atoms with van der Waals surface area (Å²) in [5.74, 6) is -0.859. The number of aromatic nitrogens is 1. The highest BCUT2D eigenvalue weighted by Crippen LogP contribution is 2.31. The van der Waals surface area contributed by atoms with Crippen LogP contribution in [0.4, 0.5) is 15.0 Å². The molecule has 292 valence electrons. The van der Waals surface area contributed by atoms with E-state index in [0.29, 0.717) is 11.7 Å². The molecule has 4 aliphatic rings. The lowest BCUT2D eigenvalue weighted by Crippen LogP contribution is -2.76. The minimum Gasteiger partial charge on any atom is -0.508 e. The number of carbonyl (C=O) groups excluding carboxylic acids is 3. The first-order valence-electron chi connectivity index (χ1n) is 18.9. The Labute approximate surface area is 321 Å². The Morgan fingerprint density at radius 2 is 1.85 bits per heavy atom. The summed E-state index contributed by atoms with van der Waals surface area (Å²) in [7, 11) is 2.16. The number of aromatic hydroxyl groups is 1. The standard InChI is InChI=1S/C40H50FN9O5/c1-3-14-48-28-38(52)49-35(21-30-12-13-33(51)22-34(30)41)39(53)47(27-37(49)50(48)40(54)42-23-29-8-5-4-6-9-29)24-31-10-7-11-36(43-31)46-25-32(26-46)44(2)15-16-45-17-19-55-20-18-45/h3-13,22,32,35,37,51H,1,14-21,23-28H2,2H3,(H,42,54)/t35-,37?/m0/s1. The van der Waals surface area contributed by atoms with Gasteiger partial charge in [0.05, 0.1) is 38.5 Å². The van der Waals surface area contributed by atoms with Crippen molar-refractivity contribution < 1.29 is 28.6 Å². The molecule has 2 N–H and O–H groups in total. The van der Waals surface area contributed by atoms with E-state index in [1.165, 1.54) is 22.0 Å². The van der Waals surface area contributed by atoms with E-state index < -0.39 is 24.1 Å². The quantitative estimate of drug-likeness (QED) is 0.251. The van der Waals surface area contributed by atoms with Gasteiger partial charge in [0, 0.05) is 70.9 Å². The molecule has 4 fully saturated rings. The zero-order chi connectivity index (χ0) is 38.5. The van der Waals surface area contributed by atoms with Crippen LogP contribution in [0.25, 0.3) is 0 Å². The van der Waals surface area contributed by atoms with Crippen LogP contribution in [0.15, 0.2) is 79.4 Å². The molecule has 7 rings (SSSR count). The highest BCUT2D eigenvalue weighted by atomic mass is 19.1. The van der Waals surface area contributed by atoms with E-state index in [1.807, 2.05) is 48.5 Å². The van der Waals surface area contributed by atoms with Gasteiger partial charge < -0.3 is 29.9 Å². The molecule has 0 aliphatic carbocycles. The molecule has 15 heteroatoms. The van der Waals surface area contributed by atoms with E-state index in [1.54, 1.807) is 16.0 Å². The third-order valence-corrected chi connectivity index (χ3v) is 10.9. The number of phenolic OH excluding ortho intramolecular Hbond substituents is 1. The molecule has 3 aromatic rings. The monoisotopic (exact) mass is 755 g/mol. The van der Waals surface area contributed by atoms with Gasteiger partial charge in [0.15, 0.2) is 0 Å². The summed E-state index contributed by atoms with van der Waals surface area (Å²) < 4.78 is 20.7. The molecule has 2 atom stereocenters. The van der Waals surface area contributed by atoms with Crippen molar-refractivity contribution in [3.63, 3.8) is 0 Å². The lowest BCUT2D eigenvalue weighted by molar-refractivity contribution is -0.189. The van der Waals surface area contributed by atoms with Gasteiger partial charge in [-0.3, -0.25) is 19.4 Å². The topological polar surface area (TPSA) is 128 Å². The molecule has 0 bridgehead atoms. The molecule has 1 unspecified atom stereocenters. The number of likely N-dealkylation sites (N-methyl/N-ethyl adjacent to an activating group) is 1. The van der Waals surface area contributed by atoms with Gasteiger partial charge in [-0.25, -0.2) is 24.2 Å². The van der Waals surface area contributed by atoms with E-state index in [0.717, 1.165) is 69.9 Å². The fraction of sp³-hybridized carbons (Fsp3) is 0.450. The van der Waals surface area contributed by atoms with Crippen LogP contribution in [0, 0.1) is 5.82 Å². The minimum absolute atomic E-state index is 0.0111. The number of rotatable bonds is 13. The van der Waals surface area contributed by atoms with Crippen molar-refractivity contribution in [2.75, 3.05) is 84.1 Å². The second-order valence-corrected chi connectivity index (χ2v) is 14.6. The third-order valence-electron chi connectivity index (χ3n) is 10.9. The maximum atomic E-state index is 15.2. The first-order valence-corrected chi connectivity index (χ1v) is 18.9. The molecule has 55 heavy (non-hydrogen) atoms. The van der Waals surface area contributed by atoms with Gasteiger partial charge in [-0.05, 0) is 36.4 Å². The number of urea groups is 1. The first kappa shape index (κ1) is 38.2. The average molecular weight is 756 g/mol. The number of ether oxygens (including phenoxy) is 1. The number of carbonyl (C=O) groups is 3. The molecular weight excluding hydrogens is 705 g/mol. The Hall–Kier alpha value is -5.09. The van der Waals surface area contributed by atoms with Gasteiger partial charge in [0.2, 0.25) is 11.8 Å². The number of morpholine rings is 1. The van der Waals surface area contributed by atoms with Crippen LogP contribution >= 0.6 is 0 Å². The number of halogens is 1. The minimum atomic E-state index is -1.12. The molecule has 4 saturated heterocycles. The Morgan fingerprint density at radius 3 is 2.60 bits per heavy atom. The molecule has 0 radical (unpaired) electrons. The van der Waals surface area contributed by atoms with Crippen molar-refractivity contribution in [3.8, 4) is 5.75 Å². The fourth-order valence-electron chi connectivity index (χ4n) is 7.76. The summed E-state index contributed by atoms with van der Waals surface area (Å²) >= 11 is 0. The van der Waals surface area contributed by atoms with Gasteiger partial charge in [0.1, 0.15) is 29.6 Å². The van der Waals surface area contributed by atoms with E-state index in [4.69, 9.17) is 9.72 Å². The number of hydrogen-bond donors (Lipinski definition) is 2. The van der Waals surface area contributed by atoms with E-state index >= 15 is 4.39 Å². The summed E-state index contributed by atoms with van der Waals surface area (Å²) in [5, 5.41) is 16.0. The number of phenols is 1. The van der Waals surface area contributed by atoms with Crippen LogP contribution in [0.2, 0.25) is 0 Å². The van der Waals surface area contributed by atoms with Crippen molar-refractivity contribution in [2.45, 2.75) is 37.8 Å². The van der Waals surface area contributed by atoms with Crippen LogP contribution < -0.4 is 10.2 Å². The van der Waals surface area contributed by atoms with Crippen LogP contribution in [-0.4, -0.2) is 155 Å². The van der Waals surface area contributed by atoms with E-state index in [-0.39, 0.29) is 62.3 Å². The van der Waals surface area contributed by atoms with Crippen molar-refractivity contribution >= 4 is 23.7 Å². The highest BCUT2D eigenvalue weighted by Gasteiger charge is 2.51. The number of nitrogens with one attached hydrogen (secondary N) is 1. The number of amides is 4. The maximum Gasteiger partial charge on any atom is 0.334 e. The number of hydrazine groups is 1. The van der Waals surface area contributed by atoms with Crippen molar-refractivity contribution in [1.29, 1.82) is 0 Å². The number of piperazine rings is 1. The number of pyridine rings is 1. The van der Waals surface area contributed by atoms with Gasteiger partial charge in [0.25, 0.3) is 0 Å². The summed E-state index contributed by atoms with van der Waals surface area (Å²) in [4.78, 5) is 57.5.